The van der Waals surface area contributed by atoms with Crippen molar-refractivity contribution < 1.29 is 9.13 Å². The molecule has 136 valence electrons. The second-order valence-electron chi connectivity index (χ2n) is 5.23. The summed E-state index contributed by atoms with van der Waals surface area (Å²) >= 11 is 1.78. The van der Waals surface area contributed by atoms with Gasteiger partial charge in [0.25, 0.3) is 0 Å². The van der Waals surface area contributed by atoms with Crippen molar-refractivity contribution in [1.29, 1.82) is 0 Å². The number of nitrogens with one attached hydrogen (secondary N) is 2. The number of guanidine groups is 1. The number of ether oxygens (including phenoxy) is 1. The Hall–Kier alpha value is -0.740. The summed E-state index contributed by atoms with van der Waals surface area (Å²) in [6.07, 6.45) is 2.07. The molecule has 2 N–H and O–H groups in total. The second kappa shape index (κ2) is 11.8. The van der Waals surface area contributed by atoms with Crippen LogP contribution in [-0.4, -0.2) is 57.9 Å². The highest BCUT2D eigenvalue weighted by Crippen LogP contribution is 2.21. The maximum Gasteiger partial charge on any atom is 0.191 e. The van der Waals surface area contributed by atoms with Crippen LogP contribution in [-0.2, 0) is 11.3 Å². The molecule has 0 aliphatic carbocycles. The Balaban J connectivity index is 0.00000288. The van der Waals surface area contributed by atoms with Crippen LogP contribution in [0.15, 0.2) is 23.2 Å². The van der Waals surface area contributed by atoms with Gasteiger partial charge in [-0.1, -0.05) is 6.07 Å². The average Bonchev–Trinajstić information content (AvgIpc) is 2.59. The van der Waals surface area contributed by atoms with Crippen LogP contribution in [0.4, 0.5) is 10.1 Å². The third-order valence-electron chi connectivity index (χ3n) is 3.65. The largest absolute Gasteiger partial charge is 0.378 e. The molecule has 0 spiro atoms. The first-order valence-electron chi connectivity index (χ1n) is 7.79. The predicted molar refractivity (Wildman–Crippen MR) is 111 cm³/mol. The van der Waals surface area contributed by atoms with Gasteiger partial charge in [-0.25, -0.2) is 4.39 Å². The zero-order chi connectivity index (χ0) is 16.5. The fraction of sp³-hybridized carbons (Fsp3) is 0.562. The smallest absolute Gasteiger partial charge is 0.191 e. The van der Waals surface area contributed by atoms with Gasteiger partial charge >= 0.3 is 0 Å². The number of hydrogen-bond donors (Lipinski definition) is 2. The van der Waals surface area contributed by atoms with Crippen molar-refractivity contribution in [3.05, 3.63) is 29.6 Å². The molecule has 0 bridgehead atoms. The van der Waals surface area contributed by atoms with Crippen molar-refractivity contribution in [2.45, 2.75) is 6.54 Å². The van der Waals surface area contributed by atoms with Crippen LogP contribution in [0.5, 0.6) is 0 Å². The molecule has 24 heavy (non-hydrogen) atoms. The standard InChI is InChI=1S/C16H25FN4OS.HI/c1-18-16(19-5-10-23-2)20-12-13-3-4-15(14(17)11-13)21-6-8-22-9-7-21;/h3-4,11H,5-10,12H2,1-2H3,(H2,18,19,20);1H. The van der Waals surface area contributed by atoms with Gasteiger partial charge in [0, 0.05) is 39.0 Å². The second-order valence-corrected chi connectivity index (χ2v) is 6.22. The minimum absolute atomic E-state index is 0. The Morgan fingerprint density at radius 1 is 1.33 bits per heavy atom. The van der Waals surface area contributed by atoms with Crippen molar-refractivity contribution in [3.63, 3.8) is 0 Å². The van der Waals surface area contributed by atoms with Crippen molar-refractivity contribution in [3.8, 4) is 0 Å². The summed E-state index contributed by atoms with van der Waals surface area (Å²) in [7, 11) is 1.73. The number of halogens is 2. The minimum atomic E-state index is -0.184. The number of thioether (sulfide) groups is 1. The van der Waals surface area contributed by atoms with Gasteiger partial charge in [0.15, 0.2) is 5.96 Å². The monoisotopic (exact) mass is 468 g/mol. The fourth-order valence-corrected chi connectivity index (χ4v) is 2.71. The molecule has 8 heteroatoms. The van der Waals surface area contributed by atoms with E-state index >= 15 is 0 Å². The summed E-state index contributed by atoms with van der Waals surface area (Å²) in [5.41, 5.74) is 1.55. The van der Waals surface area contributed by atoms with Crippen LogP contribution in [0.1, 0.15) is 5.56 Å². The van der Waals surface area contributed by atoms with Crippen molar-refractivity contribution in [2.75, 3.05) is 56.8 Å². The van der Waals surface area contributed by atoms with Crippen LogP contribution in [0.3, 0.4) is 0 Å². The minimum Gasteiger partial charge on any atom is -0.378 e. The Morgan fingerprint density at radius 3 is 2.71 bits per heavy atom. The molecule has 0 amide bonds. The molecule has 2 rings (SSSR count). The molecule has 1 aromatic rings. The van der Waals surface area contributed by atoms with E-state index < -0.39 is 0 Å². The molecular weight excluding hydrogens is 442 g/mol. The number of morpholine rings is 1. The van der Waals surface area contributed by atoms with Gasteiger partial charge in [-0.05, 0) is 24.0 Å². The lowest BCUT2D eigenvalue weighted by molar-refractivity contribution is 0.122. The number of anilines is 1. The van der Waals surface area contributed by atoms with Crippen LogP contribution in [0.25, 0.3) is 0 Å². The van der Waals surface area contributed by atoms with Crippen LogP contribution in [0.2, 0.25) is 0 Å². The van der Waals surface area contributed by atoms with E-state index in [2.05, 4.69) is 21.9 Å². The lowest BCUT2D eigenvalue weighted by atomic mass is 10.1. The van der Waals surface area contributed by atoms with Crippen LogP contribution < -0.4 is 15.5 Å². The highest BCUT2D eigenvalue weighted by molar-refractivity contribution is 14.0. The third kappa shape index (κ3) is 6.64. The van der Waals surface area contributed by atoms with Gasteiger partial charge in [0.1, 0.15) is 5.82 Å². The topological polar surface area (TPSA) is 48.9 Å². The van der Waals surface area contributed by atoms with Gasteiger partial charge < -0.3 is 20.3 Å². The van der Waals surface area contributed by atoms with Gasteiger partial charge in [-0.2, -0.15) is 11.8 Å². The summed E-state index contributed by atoms with van der Waals surface area (Å²) in [4.78, 5) is 6.18. The Kier molecular flexibility index (Phi) is 10.4. The van der Waals surface area contributed by atoms with Crippen LogP contribution >= 0.6 is 35.7 Å². The molecule has 1 fully saturated rings. The van der Waals surface area contributed by atoms with E-state index in [0.29, 0.717) is 25.4 Å². The normalized spacial score (nSPS) is 15.0. The number of aliphatic imine (C=N–C) groups is 1. The van der Waals surface area contributed by atoms with Gasteiger partial charge in [-0.3, -0.25) is 4.99 Å². The van der Waals surface area contributed by atoms with Crippen molar-refractivity contribution >= 4 is 47.4 Å². The molecule has 1 aliphatic rings. The predicted octanol–water partition coefficient (Wildman–Crippen LogP) is 2.31. The molecule has 1 aliphatic heterocycles. The fourth-order valence-electron chi connectivity index (χ4n) is 2.40. The van der Waals surface area contributed by atoms with Gasteiger partial charge in [-0.15, -0.1) is 24.0 Å². The molecule has 1 heterocycles. The summed E-state index contributed by atoms with van der Waals surface area (Å²) in [5.74, 6) is 1.57. The molecule has 1 saturated heterocycles. The zero-order valence-electron chi connectivity index (χ0n) is 14.2. The number of hydrogen-bond acceptors (Lipinski definition) is 4. The zero-order valence-corrected chi connectivity index (χ0v) is 17.3. The van der Waals surface area contributed by atoms with Crippen molar-refractivity contribution in [1.82, 2.24) is 10.6 Å². The van der Waals surface area contributed by atoms with Gasteiger partial charge in [0.2, 0.25) is 0 Å². The Labute approximate surface area is 164 Å². The summed E-state index contributed by atoms with van der Waals surface area (Å²) < 4.78 is 19.6. The van der Waals surface area contributed by atoms with Gasteiger partial charge in [0.05, 0.1) is 18.9 Å². The Bertz CT molecular complexity index is 527. The number of benzene rings is 1. The summed E-state index contributed by atoms with van der Waals surface area (Å²) in [5, 5.41) is 6.42. The lowest BCUT2D eigenvalue weighted by Gasteiger charge is -2.29. The first-order chi connectivity index (χ1) is 11.2. The highest BCUT2D eigenvalue weighted by Gasteiger charge is 2.15. The number of nitrogens with zero attached hydrogens (tertiary/aromatic N) is 2. The molecule has 0 atom stereocenters. The van der Waals surface area contributed by atoms with E-state index in [-0.39, 0.29) is 29.8 Å². The molecule has 1 aromatic carbocycles. The highest BCUT2D eigenvalue weighted by atomic mass is 127. The first-order valence-corrected chi connectivity index (χ1v) is 9.18. The van der Waals surface area contributed by atoms with E-state index in [0.717, 1.165) is 36.9 Å². The molecule has 0 radical (unpaired) electrons. The molecule has 0 saturated carbocycles. The molecule has 0 aromatic heterocycles. The van der Waals surface area contributed by atoms with E-state index in [1.807, 2.05) is 17.0 Å². The lowest BCUT2D eigenvalue weighted by Crippen LogP contribution is -2.38. The first kappa shape index (κ1) is 21.3. The maximum atomic E-state index is 14.3. The average molecular weight is 468 g/mol. The summed E-state index contributed by atoms with van der Waals surface area (Å²) in [6, 6.07) is 5.39. The molecule has 5 nitrogen and oxygen atoms in total. The summed E-state index contributed by atoms with van der Waals surface area (Å²) in [6.45, 7) is 4.17. The maximum absolute atomic E-state index is 14.3. The number of rotatable bonds is 6. The van der Waals surface area contributed by atoms with Crippen molar-refractivity contribution in [2.24, 2.45) is 4.99 Å². The van der Waals surface area contributed by atoms with E-state index in [9.17, 15) is 4.39 Å². The quantitative estimate of drug-likeness (QED) is 0.291. The molecule has 0 unspecified atom stereocenters. The Morgan fingerprint density at radius 2 is 2.08 bits per heavy atom. The SMILES string of the molecule is CN=C(NCCSC)NCc1ccc(N2CCOCC2)c(F)c1.I. The van der Waals surface area contributed by atoms with E-state index in [1.54, 1.807) is 24.9 Å². The van der Waals surface area contributed by atoms with Crippen LogP contribution in [0, 0.1) is 5.82 Å². The van der Waals surface area contributed by atoms with E-state index in [4.69, 9.17) is 4.74 Å². The van der Waals surface area contributed by atoms with E-state index in [1.165, 1.54) is 0 Å². The molecular formula is C16H26FIN4OS. The third-order valence-corrected chi connectivity index (χ3v) is 4.26.